The van der Waals surface area contributed by atoms with Crippen molar-refractivity contribution in [1.82, 2.24) is 10.2 Å². The van der Waals surface area contributed by atoms with Gasteiger partial charge in [0, 0.05) is 23.5 Å². The third kappa shape index (κ3) is 4.13. The number of hydrogen-bond acceptors (Lipinski definition) is 3. The summed E-state index contributed by atoms with van der Waals surface area (Å²) in [6.45, 7) is 4.45. The van der Waals surface area contributed by atoms with Crippen LogP contribution in [0.2, 0.25) is 5.02 Å². The van der Waals surface area contributed by atoms with Gasteiger partial charge in [-0.15, -0.1) is 0 Å². The van der Waals surface area contributed by atoms with Crippen molar-refractivity contribution in [2.45, 2.75) is 19.9 Å². The lowest BCUT2D eigenvalue weighted by molar-refractivity contribution is 0.193. The molecule has 0 spiro atoms. The van der Waals surface area contributed by atoms with Crippen LogP contribution in [0.1, 0.15) is 25.5 Å². The van der Waals surface area contributed by atoms with Crippen LogP contribution >= 0.6 is 11.6 Å². The standard InChI is InChI=1S/C19H23ClN2O3S/c1-13-11-22(9-10-26(24,25)12-13)19(23)21-14(2)15-7-8-18(20)17-6-4-3-5-16(15)17/h3-8,13-14H,9-12H2,1-2H3,(H,21,23). The Hall–Kier alpha value is -1.79. The Morgan fingerprint density at radius 2 is 1.92 bits per heavy atom. The van der Waals surface area contributed by atoms with Crippen molar-refractivity contribution in [2.75, 3.05) is 24.6 Å². The number of fused-ring (bicyclic) bond motifs is 1. The Bertz CT molecular complexity index is 930. The number of carbonyl (C=O) groups is 1. The first-order valence-corrected chi connectivity index (χ1v) is 10.9. The Labute approximate surface area is 159 Å². The molecule has 2 aromatic carbocycles. The highest BCUT2D eigenvalue weighted by Gasteiger charge is 2.27. The van der Waals surface area contributed by atoms with E-state index in [1.54, 1.807) is 4.90 Å². The van der Waals surface area contributed by atoms with Gasteiger partial charge in [-0.3, -0.25) is 0 Å². The highest BCUT2D eigenvalue weighted by molar-refractivity contribution is 7.91. The molecule has 0 bridgehead atoms. The second-order valence-electron chi connectivity index (χ2n) is 7.02. The Balaban J connectivity index is 1.79. The maximum absolute atomic E-state index is 12.7. The van der Waals surface area contributed by atoms with E-state index in [2.05, 4.69) is 5.32 Å². The molecule has 1 fully saturated rings. The van der Waals surface area contributed by atoms with Crippen LogP contribution in [0.4, 0.5) is 4.79 Å². The number of sulfone groups is 1. The SMILES string of the molecule is CC1CN(C(=O)NC(C)c2ccc(Cl)c3ccccc23)CCS(=O)(=O)C1. The molecule has 1 aliphatic rings. The fraction of sp³-hybridized carbons (Fsp3) is 0.421. The summed E-state index contributed by atoms with van der Waals surface area (Å²) in [5.74, 6) is 0.0805. The molecule has 7 heteroatoms. The molecule has 0 aliphatic carbocycles. The van der Waals surface area contributed by atoms with E-state index in [9.17, 15) is 13.2 Å². The van der Waals surface area contributed by atoms with Gasteiger partial charge in [0.2, 0.25) is 0 Å². The van der Waals surface area contributed by atoms with Crippen molar-refractivity contribution < 1.29 is 13.2 Å². The Morgan fingerprint density at radius 1 is 1.23 bits per heavy atom. The van der Waals surface area contributed by atoms with E-state index >= 15 is 0 Å². The fourth-order valence-electron chi connectivity index (χ4n) is 3.49. The zero-order chi connectivity index (χ0) is 18.9. The average molecular weight is 395 g/mol. The summed E-state index contributed by atoms with van der Waals surface area (Å²) in [5.41, 5.74) is 0.980. The summed E-state index contributed by atoms with van der Waals surface area (Å²) < 4.78 is 23.8. The fourth-order valence-corrected chi connectivity index (χ4v) is 5.35. The first kappa shape index (κ1) is 19.0. The van der Waals surface area contributed by atoms with Crippen LogP contribution in [0.15, 0.2) is 36.4 Å². The largest absolute Gasteiger partial charge is 0.331 e. The van der Waals surface area contributed by atoms with E-state index in [0.29, 0.717) is 11.6 Å². The van der Waals surface area contributed by atoms with Gasteiger partial charge in [-0.05, 0) is 29.9 Å². The molecular formula is C19H23ClN2O3S. The van der Waals surface area contributed by atoms with Crippen molar-refractivity contribution in [2.24, 2.45) is 5.92 Å². The molecule has 1 saturated heterocycles. The number of nitrogens with one attached hydrogen (secondary N) is 1. The summed E-state index contributed by atoms with van der Waals surface area (Å²) in [6, 6.07) is 11.1. The van der Waals surface area contributed by atoms with Crippen molar-refractivity contribution in [3.05, 3.63) is 47.0 Å². The zero-order valence-electron chi connectivity index (χ0n) is 14.9. The highest BCUT2D eigenvalue weighted by atomic mass is 35.5. The number of carbonyl (C=O) groups excluding carboxylic acids is 1. The van der Waals surface area contributed by atoms with Gasteiger partial charge in [-0.2, -0.15) is 0 Å². The van der Waals surface area contributed by atoms with Crippen molar-refractivity contribution in [1.29, 1.82) is 0 Å². The molecule has 2 aromatic rings. The van der Waals surface area contributed by atoms with Gasteiger partial charge in [-0.25, -0.2) is 13.2 Å². The summed E-state index contributed by atoms with van der Waals surface area (Å²) >= 11 is 6.27. The maximum atomic E-state index is 12.7. The summed E-state index contributed by atoms with van der Waals surface area (Å²) in [4.78, 5) is 14.3. The summed E-state index contributed by atoms with van der Waals surface area (Å²) in [6.07, 6.45) is 0. The lowest BCUT2D eigenvalue weighted by Crippen LogP contribution is -2.43. The van der Waals surface area contributed by atoms with Crippen molar-refractivity contribution >= 4 is 38.2 Å². The Morgan fingerprint density at radius 3 is 2.65 bits per heavy atom. The van der Waals surface area contributed by atoms with Gasteiger partial charge < -0.3 is 10.2 Å². The molecule has 3 rings (SSSR count). The minimum absolute atomic E-state index is 0.0169. The quantitative estimate of drug-likeness (QED) is 0.845. The zero-order valence-corrected chi connectivity index (χ0v) is 16.5. The molecule has 1 heterocycles. The maximum Gasteiger partial charge on any atom is 0.317 e. The normalized spacial score (nSPS) is 21.2. The first-order chi connectivity index (χ1) is 12.3. The van der Waals surface area contributed by atoms with Crippen molar-refractivity contribution in [3.63, 3.8) is 0 Å². The van der Waals surface area contributed by atoms with Crippen LogP contribution in [0.3, 0.4) is 0 Å². The van der Waals surface area contributed by atoms with Gasteiger partial charge >= 0.3 is 6.03 Å². The number of rotatable bonds is 2. The smallest absolute Gasteiger partial charge is 0.317 e. The second kappa shape index (κ2) is 7.45. The van der Waals surface area contributed by atoms with Gasteiger partial charge in [-0.1, -0.05) is 48.9 Å². The van der Waals surface area contributed by atoms with E-state index in [1.165, 1.54) is 0 Å². The monoisotopic (exact) mass is 394 g/mol. The minimum Gasteiger partial charge on any atom is -0.331 e. The molecule has 1 aliphatic heterocycles. The molecule has 0 radical (unpaired) electrons. The molecule has 2 unspecified atom stereocenters. The molecule has 2 amide bonds. The van der Waals surface area contributed by atoms with Gasteiger partial charge in [0.1, 0.15) is 0 Å². The van der Waals surface area contributed by atoms with Gasteiger partial charge in [0.15, 0.2) is 9.84 Å². The molecule has 140 valence electrons. The lowest BCUT2D eigenvalue weighted by atomic mass is 9.99. The van der Waals surface area contributed by atoms with E-state index in [-0.39, 0.29) is 36.0 Å². The molecule has 0 saturated carbocycles. The van der Waals surface area contributed by atoms with Crippen LogP contribution in [0, 0.1) is 5.92 Å². The molecule has 5 nitrogen and oxygen atoms in total. The highest BCUT2D eigenvalue weighted by Crippen LogP contribution is 2.30. The molecule has 0 aromatic heterocycles. The van der Waals surface area contributed by atoms with Crippen LogP contribution in [-0.2, 0) is 9.84 Å². The van der Waals surface area contributed by atoms with Gasteiger partial charge in [0.05, 0.1) is 17.5 Å². The Kier molecular flexibility index (Phi) is 5.44. The topological polar surface area (TPSA) is 66.5 Å². The summed E-state index contributed by atoms with van der Waals surface area (Å²) in [7, 11) is -3.09. The first-order valence-electron chi connectivity index (χ1n) is 8.70. The van der Waals surface area contributed by atoms with E-state index < -0.39 is 9.84 Å². The predicted octanol–water partition coefficient (Wildman–Crippen LogP) is 3.63. The number of urea groups is 1. The third-order valence-corrected chi connectivity index (χ3v) is 6.95. The molecule has 2 atom stereocenters. The minimum atomic E-state index is -3.09. The van der Waals surface area contributed by atoms with E-state index in [0.717, 1.165) is 16.3 Å². The number of amides is 2. The lowest BCUT2D eigenvalue weighted by Gasteiger charge is -2.25. The number of hydrogen-bond donors (Lipinski definition) is 1. The van der Waals surface area contributed by atoms with Crippen LogP contribution in [0.25, 0.3) is 10.8 Å². The van der Waals surface area contributed by atoms with E-state index in [4.69, 9.17) is 11.6 Å². The molecule has 26 heavy (non-hydrogen) atoms. The number of halogens is 1. The van der Waals surface area contributed by atoms with Gasteiger partial charge in [0.25, 0.3) is 0 Å². The second-order valence-corrected chi connectivity index (χ2v) is 9.65. The molecular weight excluding hydrogens is 372 g/mol. The van der Waals surface area contributed by atoms with Crippen LogP contribution in [-0.4, -0.2) is 43.9 Å². The average Bonchev–Trinajstić information content (AvgIpc) is 2.72. The number of benzene rings is 2. The predicted molar refractivity (Wildman–Crippen MR) is 105 cm³/mol. The van der Waals surface area contributed by atoms with Crippen molar-refractivity contribution in [3.8, 4) is 0 Å². The summed E-state index contributed by atoms with van der Waals surface area (Å²) in [5, 5.41) is 5.62. The van der Waals surface area contributed by atoms with E-state index in [1.807, 2.05) is 50.2 Å². The van der Waals surface area contributed by atoms with Crippen LogP contribution < -0.4 is 5.32 Å². The van der Waals surface area contributed by atoms with Crippen LogP contribution in [0.5, 0.6) is 0 Å². The third-order valence-electron chi connectivity index (χ3n) is 4.74. The molecule has 1 N–H and O–H groups in total. The number of nitrogens with zero attached hydrogens (tertiary/aromatic N) is 1.